The van der Waals surface area contributed by atoms with Crippen LogP contribution in [0.1, 0.15) is 52.1 Å². The van der Waals surface area contributed by atoms with Crippen molar-refractivity contribution in [2.24, 2.45) is 0 Å². The molecule has 4 amide bonds. The molecule has 7 heteroatoms. The summed E-state index contributed by atoms with van der Waals surface area (Å²) < 4.78 is 0. The number of aromatic nitrogens is 1. The predicted octanol–water partition coefficient (Wildman–Crippen LogP) is 5.10. The van der Waals surface area contributed by atoms with Crippen LogP contribution in [0.4, 0.5) is 10.5 Å². The van der Waals surface area contributed by atoms with Crippen LogP contribution >= 0.6 is 0 Å². The van der Waals surface area contributed by atoms with Crippen LogP contribution in [-0.2, 0) is 11.2 Å². The maximum absolute atomic E-state index is 13.9. The van der Waals surface area contributed by atoms with Crippen LogP contribution in [0.3, 0.4) is 0 Å². The normalized spacial score (nSPS) is 18.8. The molecule has 2 N–H and O–H groups in total. The second-order valence-electron chi connectivity index (χ2n) is 9.76. The number of carbonyl (C=O) groups is 3. The summed E-state index contributed by atoms with van der Waals surface area (Å²) in [4.78, 5) is 46.6. The van der Waals surface area contributed by atoms with Crippen molar-refractivity contribution in [3.05, 3.63) is 101 Å². The van der Waals surface area contributed by atoms with Gasteiger partial charge in [0.15, 0.2) is 0 Å². The Morgan fingerprint density at radius 1 is 1.00 bits per heavy atom. The number of H-pyrrole nitrogens is 1. The molecule has 4 aromatic rings. The van der Waals surface area contributed by atoms with Crippen molar-refractivity contribution in [3.63, 3.8) is 0 Å². The second-order valence-corrected chi connectivity index (χ2v) is 9.76. The maximum Gasteiger partial charge on any atom is 0.332 e. The Morgan fingerprint density at radius 2 is 1.73 bits per heavy atom. The first kappa shape index (κ1) is 23.0. The van der Waals surface area contributed by atoms with E-state index < -0.39 is 12.1 Å². The zero-order valence-electron chi connectivity index (χ0n) is 20.8. The molecule has 1 fully saturated rings. The Balaban J connectivity index is 1.41. The minimum atomic E-state index is -0.613. The fourth-order valence-corrected chi connectivity index (χ4v) is 5.51. The Bertz CT molecular complexity index is 1520. The Hall–Kier alpha value is -4.39. The third kappa shape index (κ3) is 3.69. The van der Waals surface area contributed by atoms with E-state index in [9.17, 15) is 14.4 Å². The number of hydrogen-bond donors (Lipinski definition) is 2. The van der Waals surface area contributed by atoms with Gasteiger partial charge in [-0.15, -0.1) is 0 Å². The Kier molecular flexibility index (Phi) is 5.56. The minimum absolute atomic E-state index is 0.172. The van der Waals surface area contributed by atoms with Crippen molar-refractivity contribution in [2.45, 2.75) is 38.8 Å². The number of nitrogens with one attached hydrogen (secondary N) is 2. The summed E-state index contributed by atoms with van der Waals surface area (Å²) in [7, 11) is 0. The molecule has 7 nitrogen and oxygen atoms in total. The van der Waals surface area contributed by atoms with Gasteiger partial charge in [0.2, 0.25) is 0 Å². The molecule has 2 atom stereocenters. The van der Waals surface area contributed by atoms with Crippen molar-refractivity contribution in [3.8, 4) is 0 Å². The van der Waals surface area contributed by atoms with Crippen LogP contribution in [0.2, 0.25) is 0 Å². The highest BCUT2D eigenvalue weighted by Gasteiger charge is 2.53. The number of carbonyl (C=O) groups excluding carboxylic acids is 3. The number of anilines is 1. The van der Waals surface area contributed by atoms with Gasteiger partial charge in [-0.05, 0) is 54.8 Å². The molecular weight excluding hydrogens is 464 g/mol. The van der Waals surface area contributed by atoms with Crippen molar-refractivity contribution in [2.75, 3.05) is 11.4 Å². The van der Waals surface area contributed by atoms with Crippen LogP contribution in [0, 0.1) is 6.92 Å². The van der Waals surface area contributed by atoms with Crippen LogP contribution < -0.4 is 10.2 Å². The molecule has 37 heavy (non-hydrogen) atoms. The SMILES string of the molecule is CCCNC(=O)c1ccc(N2C(=O)[C@@H]3Cc4c([nH]c5ccccc45)[C@H](c4ccc(C)cc4)N3C2=O)cc1. The molecule has 0 aliphatic carbocycles. The molecule has 0 spiro atoms. The third-order valence-corrected chi connectivity index (χ3v) is 7.37. The lowest BCUT2D eigenvalue weighted by molar-refractivity contribution is -0.120. The highest BCUT2D eigenvalue weighted by molar-refractivity contribution is 6.22. The molecule has 3 heterocycles. The number of fused-ring (bicyclic) bond motifs is 4. The number of benzene rings is 3. The molecule has 0 radical (unpaired) electrons. The number of nitrogens with zero attached hydrogens (tertiary/aromatic N) is 2. The highest BCUT2D eigenvalue weighted by atomic mass is 16.2. The van der Waals surface area contributed by atoms with Crippen molar-refractivity contribution < 1.29 is 14.4 Å². The van der Waals surface area contributed by atoms with E-state index in [-0.39, 0.29) is 17.8 Å². The largest absolute Gasteiger partial charge is 0.356 e. The number of aryl methyl sites for hydroxylation is 1. The third-order valence-electron chi connectivity index (χ3n) is 7.37. The summed E-state index contributed by atoms with van der Waals surface area (Å²) in [6, 6.07) is 21.5. The maximum atomic E-state index is 13.9. The number of aromatic amines is 1. The number of rotatable bonds is 5. The molecule has 2 aliphatic rings. The molecule has 186 valence electrons. The van der Waals surface area contributed by atoms with Gasteiger partial charge in [-0.2, -0.15) is 0 Å². The Labute approximate surface area is 215 Å². The van der Waals surface area contributed by atoms with Crippen molar-refractivity contribution in [1.82, 2.24) is 15.2 Å². The summed E-state index contributed by atoms with van der Waals surface area (Å²) in [5.74, 6) is -0.420. The first-order chi connectivity index (χ1) is 18.0. The number of para-hydroxylation sites is 1. The Morgan fingerprint density at radius 3 is 2.46 bits per heavy atom. The standard InChI is InChI=1S/C30H28N4O3/c1-3-16-31-28(35)20-12-14-21(15-13-20)33-29(36)25-17-23-22-6-4-5-7-24(22)32-26(23)27(34(25)30(33)37)19-10-8-18(2)9-11-19/h4-15,25,27,32H,3,16-17H2,1-2H3,(H,31,35)/t25-,27-/m0/s1. The molecule has 3 aromatic carbocycles. The average molecular weight is 493 g/mol. The number of imide groups is 1. The topological polar surface area (TPSA) is 85.5 Å². The van der Waals surface area contributed by atoms with E-state index in [2.05, 4.69) is 16.4 Å². The zero-order valence-corrected chi connectivity index (χ0v) is 20.8. The van der Waals surface area contributed by atoms with E-state index in [1.54, 1.807) is 29.2 Å². The number of hydrogen-bond acceptors (Lipinski definition) is 3. The van der Waals surface area contributed by atoms with Crippen LogP contribution in [-0.4, -0.2) is 40.3 Å². The molecule has 0 saturated carbocycles. The zero-order chi connectivity index (χ0) is 25.7. The predicted molar refractivity (Wildman–Crippen MR) is 143 cm³/mol. The van der Waals surface area contributed by atoms with E-state index in [1.807, 2.05) is 56.3 Å². The minimum Gasteiger partial charge on any atom is -0.356 e. The average Bonchev–Trinajstić information content (AvgIpc) is 3.41. The van der Waals surface area contributed by atoms with Gasteiger partial charge < -0.3 is 10.3 Å². The summed E-state index contributed by atoms with van der Waals surface area (Å²) in [6.07, 6.45) is 1.29. The second kappa shape index (κ2) is 8.92. The van der Waals surface area contributed by atoms with E-state index in [1.165, 1.54) is 4.90 Å². The highest BCUT2D eigenvalue weighted by Crippen LogP contribution is 2.44. The summed E-state index contributed by atoms with van der Waals surface area (Å²) >= 11 is 0. The fraction of sp³-hybridized carbons (Fsp3) is 0.233. The molecule has 1 aromatic heterocycles. The van der Waals surface area contributed by atoms with Gasteiger partial charge in [-0.25, -0.2) is 9.69 Å². The van der Waals surface area contributed by atoms with Crippen LogP contribution in [0.5, 0.6) is 0 Å². The van der Waals surface area contributed by atoms with Gasteiger partial charge in [-0.3, -0.25) is 14.5 Å². The van der Waals surface area contributed by atoms with E-state index >= 15 is 0 Å². The quantitative estimate of drug-likeness (QED) is 0.380. The molecular formula is C30H28N4O3. The lowest BCUT2D eigenvalue weighted by atomic mass is 9.88. The molecule has 6 rings (SSSR count). The van der Waals surface area contributed by atoms with Gasteiger partial charge in [-0.1, -0.05) is 55.0 Å². The van der Waals surface area contributed by atoms with E-state index in [4.69, 9.17) is 0 Å². The van der Waals surface area contributed by atoms with Crippen molar-refractivity contribution >= 4 is 34.4 Å². The van der Waals surface area contributed by atoms with E-state index in [0.29, 0.717) is 24.2 Å². The van der Waals surface area contributed by atoms with Gasteiger partial charge in [0, 0.05) is 35.1 Å². The van der Waals surface area contributed by atoms with Crippen LogP contribution in [0.25, 0.3) is 10.9 Å². The lowest BCUT2D eigenvalue weighted by Crippen LogP contribution is -2.44. The summed E-state index contributed by atoms with van der Waals surface area (Å²) in [5, 5.41) is 3.93. The van der Waals surface area contributed by atoms with Gasteiger partial charge in [0.1, 0.15) is 12.1 Å². The van der Waals surface area contributed by atoms with Crippen LogP contribution in [0.15, 0.2) is 72.8 Å². The number of urea groups is 1. The lowest BCUT2D eigenvalue weighted by Gasteiger charge is -2.36. The smallest absolute Gasteiger partial charge is 0.332 e. The van der Waals surface area contributed by atoms with Gasteiger partial charge in [0.05, 0.1) is 5.69 Å². The molecule has 0 unspecified atom stereocenters. The van der Waals surface area contributed by atoms with Crippen molar-refractivity contribution in [1.29, 1.82) is 0 Å². The monoisotopic (exact) mass is 492 g/mol. The molecule has 2 aliphatic heterocycles. The fourth-order valence-electron chi connectivity index (χ4n) is 5.51. The number of amides is 4. The van der Waals surface area contributed by atoms with E-state index in [0.717, 1.165) is 39.7 Å². The summed E-state index contributed by atoms with van der Waals surface area (Å²) in [6.45, 7) is 4.61. The summed E-state index contributed by atoms with van der Waals surface area (Å²) in [5.41, 5.74) is 6.07. The first-order valence-corrected chi connectivity index (χ1v) is 12.7. The van der Waals surface area contributed by atoms with Gasteiger partial charge in [0.25, 0.3) is 11.8 Å². The molecule has 1 saturated heterocycles. The van der Waals surface area contributed by atoms with Gasteiger partial charge >= 0.3 is 6.03 Å². The molecule has 0 bridgehead atoms. The first-order valence-electron chi connectivity index (χ1n) is 12.7.